The van der Waals surface area contributed by atoms with Crippen molar-refractivity contribution in [3.63, 3.8) is 0 Å². The first-order valence-electron chi connectivity index (χ1n) is 10.8. The van der Waals surface area contributed by atoms with Gasteiger partial charge in [-0.25, -0.2) is 13.1 Å². The summed E-state index contributed by atoms with van der Waals surface area (Å²) in [5.41, 5.74) is 1.30. The third kappa shape index (κ3) is 6.93. The molecule has 0 atom stereocenters. The van der Waals surface area contributed by atoms with Crippen LogP contribution in [0.3, 0.4) is 0 Å². The van der Waals surface area contributed by atoms with E-state index in [0.29, 0.717) is 19.6 Å². The zero-order chi connectivity index (χ0) is 23.1. The molecule has 1 heterocycles. The number of carbonyl (C=O) groups is 1. The van der Waals surface area contributed by atoms with Crippen LogP contribution in [0.4, 0.5) is 0 Å². The Morgan fingerprint density at radius 1 is 1.16 bits per heavy atom. The van der Waals surface area contributed by atoms with Gasteiger partial charge in [0.15, 0.2) is 6.61 Å². The van der Waals surface area contributed by atoms with Crippen LogP contribution in [0.1, 0.15) is 19.4 Å². The third-order valence-electron chi connectivity index (χ3n) is 5.37. The van der Waals surface area contributed by atoms with Gasteiger partial charge in [0.05, 0.1) is 36.1 Å². The molecule has 32 heavy (non-hydrogen) atoms. The average molecular weight is 481 g/mol. The molecule has 174 valence electrons. The molecule has 7 nitrogen and oxygen atoms in total. The fourth-order valence-electron chi connectivity index (χ4n) is 3.49. The molecular weight excluding hydrogens is 450 g/mol. The van der Waals surface area contributed by atoms with Gasteiger partial charge in [-0.2, -0.15) is 0 Å². The predicted octanol–water partition coefficient (Wildman–Crippen LogP) is 1.58. The summed E-state index contributed by atoms with van der Waals surface area (Å²) in [6.07, 6.45) is 0. The Kier molecular flexibility index (Phi) is 8.53. The molecule has 1 aliphatic rings. The highest BCUT2D eigenvalue weighted by Gasteiger charge is 2.24. The van der Waals surface area contributed by atoms with Crippen LogP contribution >= 0.6 is 11.6 Å². The lowest BCUT2D eigenvalue weighted by Gasteiger charge is -2.32. The number of quaternary nitrogens is 1. The minimum absolute atomic E-state index is 0.0688. The first-order valence-corrected chi connectivity index (χ1v) is 12.7. The summed E-state index contributed by atoms with van der Waals surface area (Å²) in [7, 11) is -3.64. The van der Waals surface area contributed by atoms with E-state index in [4.69, 9.17) is 16.3 Å². The second-order valence-electron chi connectivity index (χ2n) is 8.42. The molecule has 2 aromatic rings. The summed E-state index contributed by atoms with van der Waals surface area (Å²) in [6, 6.07) is 14.6. The molecule has 1 amide bonds. The van der Waals surface area contributed by atoms with Gasteiger partial charge in [-0.1, -0.05) is 55.8 Å². The summed E-state index contributed by atoms with van der Waals surface area (Å²) < 4.78 is 32.8. The fraction of sp³-hybridized carbons (Fsp3) is 0.435. The molecule has 2 aromatic carbocycles. The van der Waals surface area contributed by atoms with Crippen molar-refractivity contribution >= 4 is 27.5 Å². The van der Waals surface area contributed by atoms with Crippen molar-refractivity contribution in [3.05, 3.63) is 59.1 Å². The highest BCUT2D eigenvalue weighted by Crippen LogP contribution is 2.27. The lowest BCUT2D eigenvalue weighted by Crippen LogP contribution is -3.13. The van der Waals surface area contributed by atoms with E-state index >= 15 is 0 Å². The van der Waals surface area contributed by atoms with Crippen LogP contribution in [0.15, 0.2) is 53.4 Å². The summed E-state index contributed by atoms with van der Waals surface area (Å²) in [6.45, 7) is 8.14. The number of benzene rings is 2. The smallest absolute Gasteiger partial charge is 0.260 e. The number of halogens is 1. The normalized spacial score (nSPS) is 15.2. The molecule has 3 rings (SSSR count). The van der Waals surface area contributed by atoms with Crippen molar-refractivity contribution in [1.29, 1.82) is 0 Å². The van der Waals surface area contributed by atoms with Crippen molar-refractivity contribution in [2.45, 2.75) is 25.3 Å². The van der Waals surface area contributed by atoms with E-state index < -0.39 is 10.0 Å². The Morgan fingerprint density at radius 2 is 1.84 bits per heavy atom. The molecular formula is C23H31ClN3O4S+. The minimum Gasteiger partial charge on any atom is -0.482 e. The highest BCUT2D eigenvalue weighted by molar-refractivity contribution is 7.89. The molecule has 2 N–H and O–H groups in total. The minimum atomic E-state index is -3.64. The molecule has 9 heteroatoms. The summed E-state index contributed by atoms with van der Waals surface area (Å²) in [4.78, 5) is 15.9. The number of amides is 1. The summed E-state index contributed by atoms with van der Waals surface area (Å²) in [5.74, 6) is 0.377. The van der Waals surface area contributed by atoms with Crippen LogP contribution < -0.4 is 14.4 Å². The number of hydrogen-bond acceptors (Lipinski definition) is 4. The van der Waals surface area contributed by atoms with Crippen molar-refractivity contribution in [2.24, 2.45) is 5.92 Å². The van der Waals surface area contributed by atoms with Crippen molar-refractivity contribution in [3.8, 4) is 5.75 Å². The fourth-order valence-corrected chi connectivity index (χ4v) is 5.03. The number of nitrogens with one attached hydrogen (secondary N) is 2. The van der Waals surface area contributed by atoms with Crippen LogP contribution in [-0.4, -0.2) is 58.6 Å². The van der Waals surface area contributed by atoms with Gasteiger partial charge in [0.25, 0.3) is 5.91 Å². The average Bonchev–Trinajstić information content (AvgIpc) is 2.78. The van der Waals surface area contributed by atoms with Crippen LogP contribution in [0.25, 0.3) is 0 Å². The van der Waals surface area contributed by atoms with Crippen LogP contribution in [0, 0.1) is 5.92 Å². The molecule has 0 bridgehead atoms. The largest absolute Gasteiger partial charge is 0.482 e. The van der Waals surface area contributed by atoms with Gasteiger partial charge in [-0.3, -0.25) is 4.79 Å². The number of ether oxygens (including phenoxy) is 1. The van der Waals surface area contributed by atoms with Crippen LogP contribution in [0.2, 0.25) is 5.02 Å². The lowest BCUT2D eigenvalue weighted by molar-refractivity contribution is -0.917. The summed E-state index contributed by atoms with van der Waals surface area (Å²) >= 11 is 6.22. The zero-order valence-electron chi connectivity index (χ0n) is 18.5. The van der Waals surface area contributed by atoms with E-state index in [2.05, 4.69) is 16.9 Å². The Hall–Kier alpha value is -2.13. The van der Waals surface area contributed by atoms with Gasteiger partial charge >= 0.3 is 0 Å². The topological polar surface area (TPSA) is 80.1 Å². The number of piperazine rings is 1. The maximum Gasteiger partial charge on any atom is 0.260 e. The quantitative estimate of drug-likeness (QED) is 0.571. The Morgan fingerprint density at radius 3 is 2.47 bits per heavy atom. The predicted molar refractivity (Wildman–Crippen MR) is 124 cm³/mol. The SMILES string of the molecule is CC(C)CNS(=O)(=O)c1ccc(OCC(=O)N2CC[NH+](Cc3ccccc3)CC2)c(Cl)c1. The standard InChI is InChI=1S/C23H30ClN3O4S/c1-18(2)15-25-32(29,30)20-8-9-22(21(24)14-20)31-17-23(28)27-12-10-26(11-13-27)16-19-6-4-3-5-7-19/h3-9,14,18,25H,10-13,15-17H2,1-2H3/p+1. The van der Waals surface area contributed by atoms with Gasteiger partial charge < -0.3 is 14.5 Å². The van der Waals surface area contributed by atoms with Gasteiger partial charge in [-0.15, -0.1) is 0 Å². The van der Waals surface area contributed by atoms with Crippen molar-refractivity contribution in [2.75, 3.05) is 39.3 Å². The maximum atomic E-state index is 12.6. The van der Waals surface area contributed by atoms with E-state index in [1.807, 2.05) is 32.0 Å². The molecule has 0 aliphatic carbocycles. The van der Waals surface area contributed by atoms with Gasteiger partial charge in [-0.05, 0) is 24.1 Å². The summed E-state index contributed by atoms with van der Waals surface area (Å²) in [5, 5.41) is 0.155. The number of nitrogens with zero attached hydrogens (tertiary/aromatic N) is 1. The van der Waals surface area contributed by atoms with E-state index in [9.17, 15) is 13.2 Å². The lowest BCUT2D eigenvalue weighted by atomic mass is 10.2. The number of hydrogen-bond donors (Lipinski definition) is 2. The Labute approximate surface area is 195 Å². The molecule has 0 aromatic heterocycles. The van der Waals surface area contributed by atoms with E-state index in [0.717, 1.165) is 19.6 Å². The Bertz CT molecular complexity index is 1010. The van der Waals surface area contributed by atoms with Gasteiger partial charge in [0.2, 0.25) is 10.0 Å². The van der Waals surface area contributed by atoms with E-state index in [1.165, 1.54) is 28.7 Å². The molecule has 0 unspecified atom stereocenters. The first-order chi connectivity index (χ1) is 15.2. The van der Waals surface area contributed by atoms with Gasteiger partial charge in [0.1, 0.15) is 12.3 Å². The highest BCUT2D eigenvalue weighted by atomic mass is 35.5. The molecule has 1 aliphatic heterocycles. The zero-order valence-corrected chi connectivity index (χ0v) is 20.1. The van der Waals surface area contributed by atoms with Crippen LogP contribution in [-0.2, 0) is 21.4 Å². The molecule has 1 saturated heterocycles. The second kappa shape index (κ2) is 11.1. The molecule has 0 radical (unpaired) electrons. The van der Waals surface area contributed by atoms with Crippen molar-refractivity contribution in [1.82, 2.24) is 9.62 Å². The molecule has 1 fully saturated rings. The first kappa shape index (κ1) is 24.5. The second-order valence-corrected chi connectivity index (χ2v) is 10.6. The third-order valence-corrected chi connectivity index (χ3v) is 7.08. The Balaban J connectivity index is 1.48. The molecule has 0 saturated carbocycles. The monoisotopic (exact) mass is 480 g/mol. The van der Waals surface area contributed by atoms with Crippen LogP contribution in [0.5, 0.6) is 5.75 Å². The number of carbonyl (C=O) groups excluding carboxylic acids is 1. The van der Waals surface area contributed by atoms with Crippen molar-refractivity contribution < 1.29 is 22.8 Å². The van der Waals surface area contributed by atoms with E-state index in [-0.39, 0.29) is 34.1 Å². The number of sulfonamides is 1. The maximum absolute atomic E-state index is 12.6. The molecule has 0 spiro atoms. The van der Waals surface area contributed by atoms with E-state index in [1.54, 1.807) is 4.90 Å². The number of rotatable bonds is 9. The van der Waals surface area contributed by atoms with Gasteiger partial charge in [0, 0.05) is 12.1 Å².